The van der Waals surface area contributed by atoms with Crippen molar-refractivity contribution in [2.45, 2.75) is 57.8 Å². The van der Waals surface area contributed by atoms with E-state index in [1.165, 1.54) is 13.2 Å². The summed E-state index contributed by atoms with van der Waals surface area (Å²) in [5.41, 5.74) is 2.09. The molecule has 3 aliphatic rings. The quantitative estimate of drug-likeness (QED) is 0.179. The summed E-state index contributed by atoms with van der Waals surface area (Å²) in [6, 6.07) is 14.0. The predicted octanol–water partition coefficient (Wildman–Crippen LogP) is 5.04. The van der Waals surface area contributed by atoms with Gasteiger partial charge in [-0.2, -0.15) is 18.3 Å². The Morgan fingerprint density at radius 1 is 1.03 bits per heavy atom. The monoisotopic (exact) mass is 824 g/mol. The first-order valence-corrected chi connectivity index (χ1v) is 19.6. The number of aryl methyl sites for hydroxylation is 3. The molecule has 2 atom stereocenters. The Kier molecular flexibility index (Phi) is 10.7. The van der Waals surface area contributed by atoms with Crippen LogP contribution >= 0.6 is 0 Å². The zero-order valence-electron chi connectivity index (χ0n) is 33.5. The van der Waals surface area contributed by atoms with Crippen LogP contribution in [0.1, 0.15) is 63.0 Å². The van der Waals surface area contributed by atoms with E-state index in [9.17, 15) is 32.3 Å². The summed E-state index contributed by atoms with van der Waals surface area (Å²) in [4.78, 5) is 63.9. The molecule has 0 spiro atoms. The summed E-state index contributed by atoms with van der Waals surface area (Å²) in [5.74, 6) is -0.0947. The number of ketones is 1. The SMILES string of the molecule is Cc1cc(C[C@@H]2COc3c(cc(Cn4ccnc4C)cc3-c3cn(C)nc3C(F)(F)F)C2=O)nc(N2CC(N(C)C(=O)COc3ccc(C4CCC(=O)NC4=O)cc3)C2)c1. The summed E-state index contributed by atoms with van der Waals surface area (Å²) < 4.78 is 57.5. The van der Waals surface area contributed by atoms with Gasteiger partial charge in [0.1, 0.15) is 23.1 Å². The second kappa shape index (κ2) is 15.9. The van der Waals surface area contributed by atoms with Crippen LogP contribution in [0.3, 0.4) is 0 Å². The third-order valence-corrected chi connectivity index (χ3v) is 11.4. The highest BCUT2D eigenvalue weighted by molar-refractivity contribution is 6.04. The van der Waals surface area contributed by atoms with Gasteiger partial charge in [0.05, 0.1) is 30.0 Å². The number of benzene rings is 2. The van der Waals surface area contributed by atoms with Gasteiger partial charge in [0.15, 0.2) is 18.1 Å². The molecule has 8 rings (SSSR count). The number of hydrogen-bond acceptors (Lipinski definition) is 10. The normalized spacial score (nSPS) is 18.1. The molecular weight excluding hydrogens is 782 g/mol. The van der Waals surface area contributed by atoms with Crippen LogP contribution in [0.15, 0.2) is 67.1 Å². The van der Waals surface area contributed by atoms with E-state index in [2.05, 4.69) is 20.3 Å². The molecule has 2 aromatic carbocycles. The van der Waals surface area contributed by atoms with Crippen LogP contribution in [0.2, 0.25) is 0 Å². The number of carbonyl (C=O) groups excluding carboxylic acids is 4. The number of imidazole rings is 1. The number of imide groups is 1. The van der Waals surface area contributed by atoms with E-state index in [4.69, 9.17) is 14.5 Å². The maximum atomic E-state index is 14.3. The minimum Gasteiger partial charge on any atom is -0.491 e. The van der Waals surface area contributed by atoms with Gasteiger partial charge < -0.3 is 23.8 Å². The maximum Gasteiger partial charge on any atom is 0.435 e. The molecule has 3 aliphatic heterocycles. The van der Waals surface area contributed by atoms with Gasteiger partial charge in [-0.25, -0.2) is 9.97 Å². The van der Waals surface area contributed by atoms with E-state index in [0.29, 0.717) is 48.2 Å². The summed E-state index contributed by atoms with van der Waals surface area (Å²) in [5, 5.41) is 6.07. The topological polar surface area (TPSA) is 154 Å². The molecule has 2 saturated heterocycles. The first-order valence-electron chi connectivity index (χ1n) is 19.6. The van der Waals surface area contributed by atoms with Gasteiger partial charge in [0.25, 0.3) is 5.91 Å². The van der Waals surface area contributed by atoms with Crippen molar-refractivity contribution in [1.29, 1.82) is 0 Å². The number of anilines is 1. The van der Waals surface area contributed by atoms with Crippen LogP contribution in [0.4, 0.5) is 19.0 Å². The van der Waals surface area contributed by atoms with Crippen molar-refractivity contribution in [2.75, 3.05) is 38.3 Å². The molecule has 1 unspecified atom stereocenters. The lowest BCUT2D eigenvalue weighted by Crippen LogP contribution is -2.60. The minimum atomic E-state index is -4.73. The number of carbonyl (C=O) groups is 4. The van der Waals surface area contributed by atoms with Gasteiger partial charge in [-0.15, -0.1) is 0 Å². The molecule has 0 aliphatic carbocycles. The summed E-state index contributed by atoms with van der Waals surface area (Å²) >= 11 is 0. The summed E-state index contributed by atoms with van der Waals surface area (Å²) in [6.45, 7) is 4.89. The summed E-state index contributed by atoms with van der Waals surface area (Å²) in [7, 11) is 3.15. The fourth-order valence-electron chi connectivity index (χ4n) is 8.00. The van der Waals surface area contributed by atoms with Crippen molar-refractivity contribution in [2.24, 2.45) is 13.0 Å². The van der Waals surface area contributed by atoms with Gasteiger partial charge in [-0.05, 0) is 73.4 Å². The second-order valence-corrected chi connectivity index (χ2v) is 15.7. The van der Waals surface area contributed by atoms with Gasteiger partial charge in [-0.1, -0.05) is 12.1 Å². The molecule has 3 aromatic heterocycles. The molecule has 2 fully saturated rings. The number of piperidine rings is 1. The number of nitrogens with zero attached hydrogens (tertiary/aromatic N) is 7. The van der Waals surface area contributed by atoms with Crippen LogP contribution in [-0.2, 0) is 40.6 Å². The maximum absolute atomic E-state index is 14.3. The summed E-state index contributed by atoms with van der Waals surface area (Å²) in [6.07, 6.45) is 0.933. The molecule has 60 heavy (non-hydrogen) atoms. The Hall–Kier alpha value is -6.52. The number of fused-ring (bicyclic) bond motifs is 1. The fraction of sp³-hybridized carbons (Fsp3) is 0.372. The molecule has 6 heterocycles. The first-order chi connectivity index (χ1) is 28.6. The average Bonchev–Trinajstić information content (AvgIpc) is 3.78. The zero-order chi connectivity index (χ0) is 42.5. The third kappa shape index (κ3) is 8.20. The van der Waals surface area contributed by atoms with Gasteiger partial charge in [0.2, 0.25) is 11.8 Å². The van der Waals surface area contributed by atoms with Crippen LogP contribution in [0.5, 0.6) is 11.5 Å². The van der Waals surface area contributed by atoms with E-state index >= 15 is 0 Å². The van der Waals surface area contributed by atoms with E-state index < -0.39 is 23.7 Å². The molecule has 312 valence electrons. The number of rotatable bonds is 11. The highest BCUT2D eigenvalue weighted by atomic mass is 19.4. The highest BCUT2D eigenvalue weighted by Gasteiger charge is 2.40. The number of aromatic nitrogens is 5. The first kappa shape index (κ1) is 40.3. The molecule has 5 aromatic rings. The number of likely N-dealkylation sites (N-methyl/N-ethyl adjacent to an activating group) is 1. The van der Waals surface area contributed by atoms with Crippen molar-refractivity contribution in [3.63, 3.8) is 0 Å². The number of pyridine rings is 1. The third-order valence-electron chi connectivity index (χ3n) is 11.4. The van der Waals surface area contributed by atoms with Crippen LogP contribution in [0.25, 0.3) is 11.1 Å². The molecular formula is C43H43F3N8O6. The van der Waals surface area contributed by atoms with Crippen molar-refractivity contribution in [3.8, 4) is 22.6 Å². The molecule has 0 bridgehead atoms. The van der Waals surface area contributed by atoms with E-state index in [0.717, 1.165) is 15.8 Å². The van der Waals surface area contributed by atoms with E-state index in [1.807, 2.05) is 30.5 Å². The van der Waals surface area contributed by atoms with Crippen molar-refractivity contribution in [1.82, 2.24) is 34.5 Å². The molecule has 1 N–H and O–H groups in total. The molecule has 17 heteroatoms. The van der Waals surface area contributed by atoms with Crippen molar-refractivity contribution in [3.05, 3.63) is 107 Å². The number of Topliss-reactive ketones (excluding diaryl/α,β-unsaturated/α-hetero) is 1. The van der Waals surface area contributed by atoms with Crippen LogP contribution in [-0.4, -0.2) is 92.1 Å². The van der Waals surface area contributed by atoms with Crippen LogP contribution in [0, 0.1) is 19.8 Å². The smallest absolute Gasteiger partial charge is 0.435 e. The lowest BCUT2D eigenvalue weighted by atomic mass is 9.87. The lowest BCUT2D eigenvalue weighted by Gasteiger charge is -2.44. The average molecular weight is 825 g/mol. The van der Waals surface area contributed by atoms with Gasteiger partial charge in [0, 0.05) is 82.0 Å². The Morgan fingerprint density at radius 3 is 2.48 bits per heavy atom. The Balaban J connectivity index is 0.924. The number of amides is 3. The Morgan fingerprint density at radius 2 is 1.78 bits per heavy atom. The molecule has 14 nitrogen and oxygen atoms in total. The standard InChI is InChI=1S/C43H43F3N8O6/c1-24-13-29(48-36(14-24)54-19-30(20-54)52(4)38(56)23-59-31-7-5-27(6-8-31)32-9-10-37(55)49-42(32)58)17-28-22-60-40-33(35-21-51(3)50-41(35)43(44,45)46)15-26(16-34(40)39(28)57)18-53-12-11-47-25(53)2/h5-8,11-16,21,28,30,32H,9-10,17-20,22-23H2,1-4H3,(H,49,55,58)/t28-,32?/m1/s1. The van der Waals surface area contributed by atoms with Crippen LogP contribution < -0.4 is 19.7 Å². The number of nitrogens with one attached hydrogen (secondary N) is 1. The zero-order valence-corrected chi connectivity index (χ0v) is 33.5. The number of hydrogen-bond donors (Lipinski definition) is 1. The molecule has 3 amide bonds. The number of ether oxygens (including phenoxy) is 2. The highest BCUT2D eigenvalue weighted by Crippen LogP contribution is 2.44. The second-order valence-electron chi connectivity index (χ2n) is 15.7. The Labute approximate surface area is 343 Å². The molecule has 0 saturated carbocycles. The number of halogens is 3. The van der Waals surface area contributed by atoms with Crippen molar-refractivity contribution < 1.29 is 41.8 Å². The van der Waals surface area contributed by atoms with E-state index in [1.54, 1.807) is 60.7 Å². The van der Waals surface area contributed by atoms with Gasteiger partial charge >= 0.3 is 6.18 Å². The fourth-order valence-corrected chi connectivity index (χ4v) is 8.00. The van der Waals surface area contributed by atoms with E-state index in [-0.39, 0.29) is 84.6 Å². The predicted molar refractivity (Wildman–Crippen MR) is 212 cm³/mol. The largest absolute Gasteiger partial charge is 0.491 e. The molecule has 0 radical (unpaired) electrons. The van der Waals surface area contributed by atoms with Gasteiger partial charge in [-0.3, -0.25) is 29.2 Å². The lowest BCUT2D eigenvalue weighted by molar-refractivity contribution is -0.141. The Bertz CT molecular complexity index is 2490. The number of alkyl halides is 3. The van der Waals surface area contributed by atoms with Crippen molar-refractivity contribution >= 4 is 29.3 Å². The minimum absolute atomic E-state index is 0.0455.